The Hall–Kier alpha value is -2.00. The van der Waals surface area contributed by atoms with Crippen molar-refractivity contribution in [2.24, 2.45) is 0 Å². The number of aryl methyl sites for hydroxylation is 1. The Bertz CT molecular complexity index is 711. The molecule has 0 atom stereocenters. The van der Waals surface area contributed by atoms with Crippen molar-refractivity contribution in [3.63, 3.8) is 0 Å². The van der Waals surface area contributed by atoms with Crippen LogP contribution in [0, 0.1) is 17.0 Å². The molecule has 2 aromatic rings. The number of halogens is 1. The molecule has 1 aliphatic rings. The molecule has 9 heteroatoms. The Morgan fingerprint density at radius 2 is 2.09 bits per heavy atom. The minimum absolute atomic E-state index is 0.0965. The average molecular weight is 381 g/mol. The van der Waals surface area contributed by atoms with Crippen molar-refractivity contribution >= 4 is 27.3 Å². The summed E-state index contributed by atoms with van der Waals surface area (Å²) in [5.74, 6) is 1.64. The third kappa shape index (κ3) is 3.67. The lowest BCUT2D eigenvalue weighted by molar-refractivity contribution is -0.384. The molecule has 0 saturated carbocycles. The van der Waals surface area contributed by atoms with Crippen LogP contribution in [0.2, 0.25) is 0 Å². The molecule has 0 spiro atoms. The lowest BCUT2D eigenvalue weighted by atomic mass is 10.2. The number of H-pyrrole nitrogens is 1. The van der Waals surface area contributed by atoms with Crippen LogP contribution in [-0.4, -0.2) is 51.2 Å². The molecule has 0 bridgehead atoms. The van der Waals surface area contributed by atoms with E-state index in [1.54, 1.807) is 18.2 Å². The van der Waals surface area contributed by atoms with Gasteiger partial charge < -0.3 is 4.90 Å². The van der Waals surface area contributed by atoms with Gasteiger partial charge in [0.25, 0.3) is 5.69 Å². The van der Waals surface area contributed by atoms with Crippen molar-refractivity contribution in [2.45, 2.75) is 13.5 Å². The first-order valence-corrected chi connectivity index (χ1v) is 8.11. The standard InChI is InChI=1S/C14H17BrN6O2/c1-10-16-14(18-17-10)9-19-4-6-20(7-5-19)13-3-2-11(21(22)23)8-12(13)15/h2-3,8H,4-7,9H2,1H3,(H,16,17,18). The molecule has 3 rings (SSSR count). The monoisotopic (exact) mass is 380 g/mol. The maximum atomic E-state index is 10.8. The zero-order valence-corrected chi connectivity index (χ0v) is 14.3. The molecule has 2 heterocycles. The number of aromatic nitrogens is 3. The molecule has 8 nitrogen and oxygen atoms in total. The summed E-state index contributed by atoms with van der Waals surface area (Å²) in [4.78, 5) is 19.3. The summed E-state index contributed by atoms with van der Waals surface area (Å²) >= 11 is 3.44. The molecule has 122 valence electrons. The minimum atomic E-state index is -0.384. The van der Waals surface area contributed by atoms with Gasteiger partial charge in [0.05, 0.1) is 17.2 Å². The Morgan fingerprint density at radius 3 is 2.65 bits per heavy atom. The van der Waals surface area contributed by atoms with Crippen LogP contribution in [0.3, 0.4) is 0 Å². The highest BCUT2D eigenvalue weighted by atomic mass is 79.9. The Labute approximate surface area is 141 Å². The van der Waals surface area contributed by atoms with Crippen LogP contribution in [0.5, 0.6) is 0 Å². The van der Waals surface area contributed by atoms with Crippen LogP contribution in [0.15, 0.2) is 22.7 Å². The fraction of sp³-hybridized carbons (Fsp3) is 0.429. The van der Waals surface area contributed by atoms with Crippen molar-refractivity contribution in [1.29, 1.82) is 0 Å². The van der Waals surface area contributed by atoms with E-state index in [0.717, 1.165) is 54.5 Å². The van der Waals surface area contributed by atoms with Gasteiger partial charge in [-0.05, 0) is 28.9 Å². The molecule has 1 fully saturated rings. The Kier molecular flexibility index (Phi) is 4.58. The summed E-state index contributed by atoms with van der Waals surface area (Å²) in [7, 11) is 0. The van der Waals surface area contributed by atoms with Crippen molar-refractivity contribution in [1.82, 2.24) is 20.1 Å². The molecule has 23 heavy (non-hydrogen) atoms. The second-order valence-electron chi connectivity index (χ2n) is 5.49. The molecule has 1 aromatic carbocycles. The van der Waals surface area contributed by atoms with Gasteiger partial charge >= 0.3 is 0 Å². The van der Waals surface area contributed by atoms with E-state index in [0.29, 0.717) is 0 Å². The zero-order chi connectivity index (χ0) is 16.4. The van der Waals surface area contributed by atoms with Gasteiger partial charge in [0, 0.05) is 42.8 Å². The molecule has 1 N–H and O–H groups in total. The highest BCUT2D eigenvalue weighted by Gasteiger charge is 2.21. The lowest BCUT2D eigenvalue weighted by Crippen LogP contribution is -2.46. The SMILES string of the molecule is Cc1nc(CN2CCN(c3ccc([N+](=O)[O-])cc3Br)CC2)n[nH]1. The second-order valence-corrected chi connectivity index (χ2v) is 6.35. The van der Waals surface area contributed by atoms with E-state index < -0.39 is 0 Å². The first kappa shape index (κ1) is 15.9. The summed E-state index contributed by atoms with van der Waals surface area (Å²) in [6.45, 7) is 6.15. The van der Waals surface area contributed by atoms with Crippen LogP contribution >= 0.6 is 15.9 Å². The van der Waals surface area contributed by atoms with Gasteiger partial charge in [0.15, 0.2) is 5.82 Å². The fourth-order valence-corrected chi connectivity index (χ4v) is 3.29. The number of non-ortho nitro benzene ring substituents is 1. The van der Waals surface area contributed by atoms with Gasteiger partial charge in [-0.15, -0.1) is 0 Å². The summed E-state index contributed by atoms with van der Waals surface area (Å²) in [5, 5.41) is 17.8. The fourth-order valence-electron chi connectivity index (χ4n) is 2.67. The van der Waals surface area contributed by atoms with Crippen LogP contribution in [0.1, 0.15) is 11.6 Å². The van der Waals surface area contributed by atoms with Gasteiger partial charge in [0.2, 0.25) is 0 Å². The molecule has 1 aromatic heterocycles. The third-order valence-electron chi connectivity index (χ3n) is 3.86. The highest BCUT2D eigenvalue weighted by Crippen LogP contribution is 2.30. The topological polar surface area (TPSA) is 91.2 Å². The second kappa shape index (κ2) is 6.63. The first-order chi connectivity index (χ1) is 11.0. The number of hydrogen-bond donors (Lipinski definition) is 1. The van der Waals surface area contributed by atoms with E-state index >= 15 is 0 Å². The largest absolute Gasteiger partial charge is 0.368 e. The van der Waals surface area contributed by atoms with Crippen LogP contribution in [-0.2, 0) is 6.54 Å². The van der Waals surface area contributed by atoms with Crippen LogP contribution in [0.4, 0.5) is 11.4 Å². The number of rotatable bonds is 4. The molecule has 0 unspecified atom stereocenters. The van der Waals surface area contributed by atoms with E-state index in [9.17, 15) is 10.1 Å². The zero-order valence-electron chi connectivity index (χ0n) is 12.7. The molecular formula is C14H17BrN6O2. The predicted molar refractivity (Wildman–Crippen MR) is 89.4 cm³/mol. The molecular weight excluding hydrogens is 364 g/mol. The van der Waals surface area contributed by atoms with Crippen LogP contribution in [0.25, 0.3) is 0 Å². The van der Waals surface area contributed by atoms with Gasteiger partial charge in [-0.25, -0.2) is 4.98 Å². The van der Waals surface area contributed by atoms with Crippen molar-refractivity contribution in [3.05, 3.63) is 44.4 Å². The third-order valence-corrected chi connectivity index (χ3v) is 4.50. The van der Waals surface area contributed by atoms with Gasteiger partial charge in [0.1, 0.15) is 5.82 Å². The van der Waals surface area contributed by atoms with Gasteiger partial charge in [-0.2, -0.15) is 5.10 Å². The van der Waals surface area contributed by atoms with E-state index in [4.69, 9.17) is 0 Å². The summed E-state index contributed by atoms with van der Waals surface area (Å²) in [6, 6.07) is 4.90. The number of aromatic amines is 1. The van der Waals surface area contributed by atoms with E-state index in [2.05, 4.69) is 40.9 Å². The molecule has 0 aliphatic carbocycles. The Balaban J connectivity index is 1.61. The number of nitro groups is 1. The maximum Gasteiger partial charge on any atom is 0.270 e. The Morgan fingerprint density at radius 1 is 1.35 bits per heavy atom. The smallest absolute Gasteiger partial charge is 0.270 e. The number of nitrogens with zero attached hydrogens (tertiary/aromatic N) is 5. The van der Waals surface area contributed by atoms with Gasteiger partial charge in [-0.3, -0.25) is 20.1 Å². The van der Waals surface area contributed by atoms with Crippen molar-refractivity contribution < 1.29 is 4.92 Å². The van der Waals surface area contributed by atoms with E-state index in [-0.39, 0.29) is 10.6 Å². The van der Waals surface area contributed by atoms with E-state index in [1.165, 1.54) is 0 Å². The van der Waals surface area contributed by atoms with Crippen molar-refractivity contribution in [3.8, 4) is 0 Å². The number of nitrogens with one attached hydrogen (secondary N) is 1. The van der Waals surface area contributed by atoms with Gasteiger partial charge in [-0.1, -0.05) is 0 Å². The van der Waals surface area contributed by atoms with Crippen molar-refractivity contribution in [2.75, 3.05) is 31.1 Å². The molecule has 0 radical (unpaired) electrons. The normalized spacial score (nSPS) is 15.8. The van der Waals surface area contributed by atoms with Crippen LogP contribution < -0.4 is 4.90 Å². The lowest BCUT2D eigenvalue weighted by Gasteiger charge is -2.36. The molecule has 1 saturated heterocycles. The molecule has 0 amide bonds. The number of benzene rings is 1. The maximum absolute atomic E-state index is 10.8. The predicted octanol–water partition coefficient (Wildman–Crippen LogP) is 2.11. The summed E-state index contributed by atoms with van der Waals surface area (Å²) < 4.78 is 0.754. The minimum Gasteiger partial charge on any atom is -0.368 e. The summed E-state index contributed by atoms with van der Waals surface area (Å²) in [5.41, 5.74) is 1.09. The highest BCUT2D eigenvalue weighted by molar-refractivity contribution is 9.10. The number of anilines is 1. The molecule has 1 aliphatic heterocycles. The summed E-state index contributed by atoms with van der Waals surface area (Å²) in [6.07, 6.45) is 0. The number of hydrogen-bond acceptors (Lipinski definition) is 6. The van der Waals surface area contributed by atoms with E-state index in [1.807, 2.05) is 6.92 Å². The average Bonchev–Trinajstić information content (AvgIpc) is 2.93. The first-order valence-electron chi connectivity index (χ1n) is 7.32. The quantitative estimate of drug-likeness (QED) is 0.644. The number of nitro benzene ring substituents is 1. The number of piperazine rings is 1.